The van der Waals surface area contributed by atoms with Crippen LogP contribution in [-0.4, -0.2) is 41.1 Å². The highest BCUT2D eigenvalue weighted by molar-refractivity contribution is 6.30. The van der Waals surface area contributed by atoms with Crippen LogP contribution in [-0.2, 0) is 4.79 Å². The van der Waals surface area contributed by atoms with Crippen LogP contribution >= 0.6 is 11.6 Å². The zero-order valence-corrected chi connectivity index (χ0v) is 12.7. The van der Waals surface area contributed by atoms with Crippen LogP contribution in [0, 0.1) is 0 Å². The van der Waals surface area contributed by atoms with E-state index in [1.807, 2.05) is 12.1 Å². The lowest BCUT2D eigenvalue weighted by Gasteiger charge is -2.26. The Kier molecular flexibility index (Phi) is 4.48. The van der Waals surface area contributed by atoms with E-state index in [-0.39, 0.29) is 11.9 Å². The number of benzene rings is 1. The van der Waals surface area contributed by atoms with Gasteiger partial charge in [-0.15, -0.1) is 0 Å². The summed E-state index contributed by atoms with van der Waals surface area (Å²) in [6, 6.07) is 7.53. The molecule has 2 aliphatic rings. The minimum Gasteiger partial charge on any atom is -0.387 e. The molecule has 1 aliphatic carbocycles. The third kappa shape index (κ3) is 3.76. The van der Waals surface area contributed by atoms with Crippen molar-refractivity contribution in [2.75, 3.05) is 13.1 Å². The molecule has 2 atom stereocenters. The average Bonchev–Trinajstić information content (AvgIpc) is 3.15. The third-order valence-electron chi connectivity index (χ3n) is 4.25. The molecule has 1 saturated carbocycles. The van der Waals surface area contributed by atoms with E-state index < -0.39 is 6.10 Å². The molecule has 0 radical (unpaired) electrons. The number of aliphatic hydroxyl groups is 1. The van der Waals surface area contributed by atoms with E-state index in [0.717, 1.165) is 37.8 Å². The van der Waals surface area contributed by atoms with Crippen molar-refractivity contribution >= 4 is 17.5 Å². The van der Waals surface area contributed by atoms with E-state index in [9.17, 15) is 9.90 Å². The first-order chi connectivity index (χ1) is 10.1. The fourth-order valence-corrected chi connectivity index (χ4v) is 3.01. The monoisotopic (exact) mass is 308 g/mol. The molecule has 0 aromatic heterocycles. The van der Waals surface area contributed by atoms with Crippen molar-refractivity contribution in [2.24, 2.45) is 0 Å². The van der Waals surface area contributed by atoms with Gasteiger partial charge in [-0.2, -0.15) is 0 Å². The molecule has 0 spiro atoms. The molecule has 2 N–H and O–H groups in total. The molecule has 1 saturated heterocycles. The van der Waals surface area contributed by atoms with Crippen LogP contribution in [0.4, 0.5) is 0 Å². The summed E-state index contributed by atoms with van der Waals surface area (Å²) in [5.41, 5.74) is 0.840. The van der Waals surface area contributed by atoms with Crippen LogP contribution in [0.3, 0.4) is 0 Å². The van der Waals surface area contributed by atoms with Gasteiger partial charge in [0.15, 0.2) is 0 Å². The molecule has 5 heteroatoms. The number of halogens is 1. The number of rotatable bonds is 5. The van der Waals surface area contributed by atoms with Crippen LogP contribution in [0.2, 0.25) is 5.02 Å². The van der Waals surface area contributed by atoms with Crippen molar-refractivity contribution < 1.29 is 9.90 Å². The fraction of sp³-hybridized carbons (Fsp3) is 0.562. The molecule has 1 amide bonds. The number of carbonyl (C=O) groups excluding carboxylic acids is 1. The van der Waals surface area contributed by atoms with Gasteiger partial charge in [0.25, 0.3) is 0 Å². The van der Waals surface area contributed by atoms with Crippen LogP contribution in [0.25, 0.3) is 0 Å². The molecule has 1 heterocycles. The average molecular weight is 309 g/mol. The number of hydrogen-bond donors (Lipinski definition) is 2. The van der Waals surface area contributed by atoms with Crippen LogP contribution in [0.15, 0.2) is 24.3 Å². The van der Waals surface area contributed by atoms with E-state index in [0.29, 0.717) is 17.6 Å². The highest BCUT2D eigenvalue weighted by Crippen LogP contribution is 2.25. The number of β-amino-alcohol motifs (C(OH)–C–C–N with tert-alkyl or cyclic N) is 1. The van der Waals surface area contributed by atoms with Crippen LogP contribution < -0.4 is 5.32 Å². The van der Waals surface area contributed by atoms with Gasteiger partial charge < -0.3 is 10.4 Å². The number of likely N-dealkylation sites (tertiary alicyclic amines) is 1. The molecule has 0 bridgehead atoms. The van der Waals surface area contributed by atoms with Gasteiger partial charge in [0, 0.05) is 17.6 Å². The summed E-state index contributed by atoms with van der Waals surface area (Å²) in [6.07, 6.45) is 3.51. The van der Waals surface area contributed by atoms with Crippen molar-refractivity contribution in [3.05, 3.63) is 34.9 Å². The van der Waals surface area contributed by atoms with Crippen molar-refractivity contribution in [1.29, 1.82) is 0 Å². The van der Waals surface area contributed by atoms with E-state index in [1.165, 1.54) is 0 Å². The summed E-state index contributed by atoms with van der Waals surface area (Å²) in [6.45, 7) is 1.36. The zero-order valence-electron chi connectivity index (χ0n) is 12.0. The molecule has 21 heavy (non-hydrogen) atoms. The number of aliphatic hydroxyl groups excluding tert-OH is 1. The molecular formula is C16H21ClN2O2. The summed E-state index contributed by atoms with van der Waals surface area (Å²) >= 11 is 5.86. The lowest BCUT2D eigenvalue weighted by molar-refractivity contribution is -0.126. The highest BCUT2D eigenvalue weighted by Gasteiger charge is 2.34. The van der Waals surface area contributed by atoms with Gasteiger partial charge in [-0.25, -0.2) is 0 Å². The second-order valence-corrected chi connectivity index (χ2v) is 6.44. The van der Waals surface area contributed by atoms with Crippen molar-refractivity contribution in [1.82, 2.24) is 10.2 Å². The fourth-order valence-electron chi connectivity index (χ4n) is 2.88. The normalized spacial score (nSPS) is 24.0. The lowest BCUT2D eigenvalue weighted by atomic mass is 10.1. The first-order valence-corrected chi connectivity index (χ1v) is 7.99. The van der Waals surface area contributed by atoms with Gasteiger partial charge in [-0.3, -0.25) is 9.69 Å². The van der Waals surface area contributed by atoms with Crippen molar-refractivity contribution in [3.8, 4) is 0 Å². The van der Waals surface area contributed by atoms with Gasteiger partial charge in [-0.05, 0) is 49.9 Å². The minimum atomic E-state index is -0.586. The molecule has 3 rings (SSSR count). The molecule has 1 aliphatic heterocycles. The van der Waals surface area contributed by atoms with E-state index in [2.05, 4.69) is 10.2 Å². The van der Waals surface area contributed by atoms with Gasteiger partial charge in [0.05, 0.1) is 12.1 Å². The third-order valence-corrected chi connectivity index (χ3v) is 4.50. The quantitative estimate of drug-likeness (QED) is 0.876. The maximum Gasteiger partial charge on any atom is 0.237 e. The summed E-state index contributed by atoms with van der Waals surface area (Å²) < 4.78 is 0. The molecule has 4 nitrogen and oxygen atoms in total. The Morgan fingerprint density at radius 2 is 2.05 bits per heavy atom. The molecule has 114 valence electrons. The topological polar surface area (TPSA) is 52.6 Å². The van der Waals surface area contributed by atoms with E-state index >= 15 is 0 Å². The first kappa shape index (κ1) is 14.8. The van der Waals surface area contributed by atoms with Gasteiger partial charge in [-0.1, -0.05) is 23.7 Å². The van der Waals surface area contributed by atoms with E-state index in [1.54, 1.807) is 12.1 Å². The van der Waals surface area contributed by atoms with Crippen LogP contribution in [0.1, 0.15) is 37.4 Å². The SMILES string of the molecule is O=C(NC1CC1)C1CCCN1CC(O)c1ccc(Cl)cc1. The molecule has 2 fully saturated rings. The Morgan fingerprint density at radius 1 is 1.33 bits per heavy atom. The maximum atomic E-state index is 12.2. The number of hydrogen-bond acceptors (Lipinski definition) is 3. The summed E-state index contributed by atoms with van der Waals surface area (Å²) in [4.78, 5) is 14.3. The largest absolute Gasteiger partial charge is 0.387 e. The number of amides is 1. The lowest BCUT2D eigenvalue weighted by Crippen LogP contribution is -2.45. The molecular weight excluding hydrogens is 288 g/mol. The van der Waals surface area contributed by atoms with Crippen molar-refractivity contribution in [3.63, 3.8) is 0 Å². The second-order valence-electron chi connectivity index (χ2n) is 6.00. The highest BCUT2D eigenvalue weighted by atomic mass is 35.5. The van der Waals surface area contributed by atoms with E-state index in [4.69, 9.17) is 11.6 Å². The molecule has 1 aromatic rings. The number of carbonyl (C=O) groups is 1. The van der Waals surface area contributed by atoms with Gasteiger partial charge in [0.2, 0.25) is 5.91 Å². The van der Waals surface area contributed by atoms with Crippen molar-refractivity contribution in [2.45, 2.75) is 43.9 Å². The van der Waals surface area contributed by atoms with Gasteiger partial charge in [0.1, 0.15) is 0 Å². The standard InChI is InChI=1S/C16H21ClN2O2/c17-12-5-3-11(4-6-12)15(20)10-19-9-1-2-14(19)16(21)18-13-7-8-13/h3-6,13-15,20H,1-2,7-10H2,(H,18,21). The Balaban J connectivity index is 1.59. The minimum absolute atomic E-state index is 0.0902. The Morgan fingerprint density at radius 3 is 2.71 bits per heavy atom. The van der Waals surface area contributed by atoms with Crippen LogP contribution in [0.5, 0.6) is 0 Å². The Hall–Kier alpha value is -1.10. The molecule has 1 aromatic carbocycles. The predicted molar refractivity (Wildman–Crippen MR) is 82.2 cm³/mol. The maximum absolute atomic E-state index is 12.2. The first-order valence-electron chi connectivity index (χ1n) is 7.61. The Bertz CT molecular complexity index is 502. The number of nitrogens with zero attached hydrogens (tertiary/aromatic N) is 1. The summed E-state index contributed by atoms with van der Waals surface area (Å²) in [5.74, 6) is 0.123. The van der Waals surface area contributed by atoms with Gasteiger partial charge >= 0.3 is 0 Å². The smallest absolute Gasteiger partial charge is 0.237 e. The molecule has 2 unspecified atom stereocenters. The number of nitrogens with one attached hydrogen (secondary N) is 1. The predicted octanol–water partition coefficient (Wildman–Crippen LogP) is 2.12. The Labute approximate surface area is 130 Å². The zero-order chi connectivity index (χ0) is 14.8. The second kappa shape index (κ2) is 6.34. The summed E-state index contributed by atoms with van der Waals surface area (Å²) in [5, 5.41) is 14.1. The summed E-state index contributed by atoms with van der Waals surface area (Å²) in [7, 11) is 0.